The largest absolute Gasteiger partial charge is 0.497 e. The fourth-order valence-corrected chi connectivity index (χ4v) is 3.63. The molecule has 0 spiro atoms. The first kappa shape index (κ1) is 18.8. The van der Waals surface area contributed by atoms with Crippen LogP contribution in [0.25, 0.3) is 21.5 Å². The van der Waals surface area contributed by atoms with Crippen molar-refractivity contribution in [1.82, 2.24) is 24.2 Å². The molecule has 0 aliphatic carbocycles. The first-order chi connectivity index (χ1) is 14.2. The lowest BCUT2D eigenvalue weighted by atomic mass is 10.2. The molecule has 146 valence electrons. The summed E-state index contributed by atoms with van der Waals surface area (Å²) in [4.78, 5) is 33.4. The number of carbonyl (C=O) groups is 1. The number of aromatic nitrogens is 4. The summed E-state index contributed by atoms with van der Waals surface area (Å²) in [6.45, 7) is 0.250. The molecule has 4 aromatic rings. The number of nitrogens with one attached hydrogen (secondary N) is 1. The molecular weight excluding hydrogens is 390 g/mol. The van der Waals surface area contributed by atoms with E-state index in [1.807, 2.05) is 36.4 Å². The predicted octanol–water partition coefficient (Wildman–Crippen LogP) is 2.24. The Kier molecular flexibility index (Phi) is 5.30. The molecule has 0 atom stereocenters. The zero-order chi connectivity index (χ0) is 20.2. The average Bonchev–Trinajstić information content (AvgIpc) is 3.20. The second-order valence-corrected chi connectivity index (χ2v) is 7.02. The number of carbonyl (C=O) groups excluding carboxylic acids is 1. The molecule has 1 amide bonds. The summed E-state index contributed by atoms with van der Waals surface area (Å²) in [5, 5.41) is 2.80. The van der Waals surface area contributed by atoms with Gasteiger partial charge in [0.15, 0.2) is 0 Å². The van der Waals surface area contributed by atoms with Gasteiger partial charge in [-0.3, -0.25) is 19.1 Å². The van der Waals surface area contributed by atoms with Crippen LogP contribution in [-0.2, 0) is 17.9 Å². The lowest BCUT2D eigenvalue weighted by molar-refractivity contribution is -0.121. The van der Waals surface area contributed by atoms with E-state index in [0.717, 1.165) is 28.4 Å². The van der Waals surface area contributed by atoms with Crippen molar-refractivity contribution in [3.63, 3.8) is 0 Å². The lowest BCUT2D eigenvalue weighted by Crippen LogP contribution is -2.31. The second kappa shape index (κ2) is 8.19. The van der Waals surface area contributed by atoms with Crippen molar-refractivity contribution < 1.29 is 9.53 Å². The van der Waals surface area contributed by atoms with Crippen LogP contribution in [0.1, 0.15) is 5.56 Å². The van der Waals surface area contributed by atoms with Crippen molar-refractivity contribution in [1.29, 1.82) is 0 Å². The topological polar surface area (TPSA) is 99.0 Å². The minimum atomic E-state index is -0.285. The maximum atomic E-state index is 12.7. The van der Waals surface area contributed by atoms with Gasteiger partial charge in [0.2, 0.25) is 5.91 Å². The number of amides is 1. The molecule has 29 heavy (non-hydrogen) atoms. The van der Waals surface area contributed by atoms with E-state index in [-0.39, 0.29) is 18.0 Å². The van der Waals surface area contributed by atoms with E-state index < -0.39 is 0 Å². The Hall–Kier alpha value is -3.59. The van der Waals surface area contributed by atoms with Crippen LogP contribution in [0.2, 0.25) is 0 Å². The molecule has 0 saturated carbocycles. The van der Waals surface area contributed by atoms with Gasteiger partial charge in [-0.25, -0.2) is 4.98 Å². The van der Waals surface area contributed by atoms with E-state index in [1.165, 1.54) is 10.9 Å². The molecule has 0 aliphatic rings. The summed E-state index contributed by atoms with van der Waals surface area (Å²) < 4.78 is 11.2. The van der Waals surface area contributed by atoms with E-state index in [4.69, 9.17) is 4.74 Å². The number of pyridine rings is 1. The van der Waals surface area contributed by atoms with Gasteiger partial charge in [0, 0.05) is 24.5 Å². The second-order valence-electron chi connectivity index (χ2n) is 6.25. The number of benzene rings is 1. The summed E-state index contributed by atoms with van der Waals surface area (Å²) in [5.41, 5.74) is 2.66. The maximum absolute atomic E-state index is 12.7. The van der Waals surface area contributed by atoms with E-state index in [9.17, 15) is 9.59 Å². The highest BCUT2D eigenvalue weighted by Crippen LogP contribution is 2.26. The minimum absolute atomic E-state index is 0.111. The molecule has 0 unspecified atom stereocenters. The summed E-state index contributed by atoms with van der Waals surface area (Å²) in [6.07, 6.45) is 4.71. The Morgan fingerprint density at radius 3 is 2.66 bits per heavy atom. The third-order valence-electron chi connectivity index (χ3n) is 4.37. The predicted molar refractivity (Wildman–Crippen MR) is 110 cm³/mol. The monoisotopic (exact) mass is 407 g/mol. The van der Waals surface area contributed by atoms with Crippen molar-refractivity contribution in [2.75, 3.05) is 7.11 Å². The molecule has 4 rings (SSSR count). The highest BCUT2D eigenvalue weighted by Gasteiger charge is 2.15. The third-order valence-corrected chi connectivity index (χ3v) is 5.19. The number of ether oxygens (including phenoxy) is 1. The van der Waals surface area contributed by atoms with Gasteiger partial charge >= 0.3 is 0 Å². The summed E-state index contributed by atoms with van der Waals surface area (Å²) >= 11 is 1.08. The Bertz CT molecular complexity index is 1200. The van der Waals surface area contributed by atoms with Gasteiger partial charge in [-0.2, -0.15) is 4.37 Å². The molecule has 1 N–H and O–H groups in total. The number of rotatable bonds is 6. The highest BCUT2D eigenvalue weighted by molar-refractivity contribution is 7.13. The molecule has 0 aliphatic heterocycles. The van der Waals surface area contributed by atoms with E-state index in [1.54, 1.807) is 19.5 Å². The number of methoxy groups -OCH3 is 1. The Morgan fingerprint density at radius 2 is 1.93 bits per heavy atom. The quantitative estimate of drug-likeness (QED) is 0.526. The maximum Gasteiger partial charge on any atom is 0.273 e. The van der Waals surface area contributed by atoms with E-state index in [0.29, 0.717) is 22.5 Å². The van der Waals surface area contributed by atoms with Gasteiger partial charge in [-0.1, -0.05) is 12.1 Å². The molecule has 3 heterocycles. The molecular formula is C20H17N5O3S. The lowest BCUT2D eigenvalue weighted by Gasteiger charge is -2.08. The van der Waals surface area contributed by atoms with Gasteiger partial charge in [-0.05, 0) is 41.4 Å². The third kappa shape index (κ3) is 3.99. The number of nitrogens with zero attached hydrogens (tertiary/aromatic N) is 4. The molecule has 0 saturated heterocycles. The van der Waals surface area contributed by atoms with Crippen LogP contribution in [0.15, 0.2) is 59.9 Å². The van der Waals surface area contributed by atoms with Crippen LogP contribution in [0.4, 0.5) is 0 Å². The molecule has 9 heteroatoms. The Balaban J connectivity index is 1.48. The average molecular weight is 407 g/mol. The van der Waals surface area contributed by atoms with Crippen LogP contribution in [0.5, 0.6) is 5.75 Å². The Labute approximate surface area is 170 Å². The van der Waals surface area contributed by atoms with Crippen molar-refractivity contribution in [2.45, 2.75) is 13.1 Å². The number of hydrogen-bond acceptors (Lipinski definition) is 7. The summed E-state index contributed by atoms with van der Waals surface area (Å²) in [5.74, 6) is 0.477. The molecule has 0 fully saturated rings. The zero-order valence-corrected chi connectivity index (χ0v) is 16.3. The Morgan fingerprint density at radius 1 is 1.17 bits per heavy atom. The van der Waals surface area contributed by atoms with Crippen LogP contribution in [0, 0.1) is 0 Å². The first-order valence-electron chi connectivity index (χ1n) is 8.80. The fourth-order valence-electron chi connectivity index (χ4n) is 2.82. The van der Waals surface area contributed by atoms with Gasteiger partial charge < -0.3 is 10.1 Å². The van der Waals surface area contributed by atoms with Crippen molar-refractivity contribution in [3.05, 3.63) is 71.0 Å². The zero-order valence-electron chi connectivity index (χ0n) is 15.5. The van der Waals surface area contributed by atoms with Crippen LogP contribution >= 0.6 is 11.5 Å². The standard InChI is InChI=1S/C20H17N5O3S/c1-28-15-4-2-13(3-5-15)10-22-16(26)11-25-12-23-18-17(14-6-8-21-9-7-14)24-29-19(18)20(25)27/h2-9,12H,10-11H2,1H3,(H,22,26). The summed E-state index contributed by atoms with van der Waals surface area (Å²) in [6, 6.07) is 11.0. The van der Waals surface area contributed by atoms with Crippen molar-refractivity contribution in [2.24, 2.45) is 0 Å². The van der Waals surface area contributed by atoms with Crippen LogP contribution < -0.4 is 15.6 Å². The fraction of sp³-hybridized carbons (Fsp3) is 0.150. The van der Waals surface area contributed by atoms with Gasteiger partial charge in [0.1, 0.15) is 28.2 Å². The molecule has 1 aromatic carbocycles. The number of fused-ring (bicyclic) bond motifs is 1. The van der Waals surface area contributed by atoms with Gasteiger partial charge in [0.25, 0.3) is 5.56 Å². The SMILES string of the molecule is COc1ccc(CNC(=O)Cn2cnc3c(-c4ccncc4)nsc3c2=O)cc1. The van der Waals surface area contributed by atoms with Gasteiger partial charge in [-0.15, -0.1) is 0 Å². The first-order valence-corrected chi connectivity index (χ1v) is 9.58. The highest BCUT2D eigenvalue weighted by atomic mass is 32.1. The molecule has 0 bridgehead atoms. The van der Waals surface area contributed by atoms with E-state index >= 15 is 0 Å². The van der Waals surface area contributed by atoms with Gasteiger partial charge in [0.05, 0.1) is 13.4 Å². The van der Waals surface area contributed by atoms with Crippen LogP contribution in [-0.4, -0.2) is 31.9 Å². The van der Waals surface area contributed by atoms with Crippen molar-refractivity contribution in [3.8, 4) is 17.0 Å². The smallest absolute Gasteiger partial charge is 0.273 e. The minimum Gasteiger partial charge on any atom is -0.497 e. The molecule has 0 radical (unpaired) electrons. The summed E-state index contributed by atoms with van der Waals surface area (Å²) in [7, 11) is 1.60. The van der Waals surface area contributed by atoms with Crippen LogP contribution in [0.3, 0.4) is 0 Å². The normalized spacial score (nSPS) is 10.8. The van der Waals surface area contributed by atoms with E-state index in [2.05, 4.69) is 19.7 Å². The number of hydrogen-bond donors (Lipinski definition) is 1. The molecule has 3 aromatic heterocycles. The van der Waals surface area contributed by atoms with Crippen molar-refractivity contribution >= 4 is 27.7 Å². The molecule has 8 nitrogen and oxygen atoms in total.